The maximum atomic E-state index is 12.5. The van der Waals surface area contributed by atoms with Gasteiger partial charge in [-0.2, -0.15) is 0 Å². The molecule has 144 valence electrons. The maximum Gasteiger partial charge on any atom is 0.262 e. The van der Waals surface area contributed by atoms with Crippen LogP contribution in [0.4, 0.5) is 11.4 Å². The summed E-state index contributed by atoms with van der Waals surface area (Å²) in [6, 6.07) is 11.0. The van der Waals surface area contributed by atoms with E-state index in [0.717, 1.165) is 12.8 Å². The highest BCUT2D eigenvalue weighted by molar-refractivity contribution is 6.01. The molecule has 0 saturated carbocycles. The van der Waals surface area contributed by atoms with Crippen LogP contribution in [-0.4, -0.2) is 24.2 Å². The van der Waals surface area contributed by atoms with E-state index in [1.165, 1.54) is 24.0 Å². The standard InChI is InChI=1S/C22H22N2O4/c25-19(16-6-5-14-3-1-2-4-15(14)11-16)8-10-21(26)23-17-7-9-20-18(12-17)24-22(27)13-28-20/h5-7,9,11-12H,1-4,8,10,13H2,(H,23,26)(H,24,27). The summed E-state index contributed by atoms with van der Waals surface area (Å²) in [6.45, 7) is -0.0104. The fourth-order valence-corrected chi connectivity index (χ4v) is 3.66. The Morgan fingerprint density at radius 3 is 2.68 bits per heavy atom. The lowest BCUT2D eigenvalue weighted by Crippen LogP contribution is -2.25. The number of hydrogen-bond acceptors (Lipinski definition) is 4. The van der Waals surface area contributed by atoms with Crippen molar-refractivity contribution in [1.82, 2.24) is 0 Å². The summed E-state index contributed by atoms with van der Waals surface area (Å²) in [6.07, 6.45) is 4.75. The average Bonchev–Trinajstić information content (AvgIpc) is 2.71. The molecule has 6 heteroatoms. The van der Waals surface area contributed by atoms with Crippen molar-refractivity contribution in [1.29, 1.82) is 0 Å². The lowest BCUT2D eigenvalue weighted by Gasteiger charge is -2.18. The number of benzene rings is 2. The van der Waals surface area contributed by atoms with Gasteiger partial charge in [0.1, 0.15) is 5.75 Å². The van der Waals surface area contributed by atoms with E-state index in [1.54, 1.807) is 18.2 Å². The second-order valence-corrected chi connectivity index (χ2v) is 7.21. The number of carbonyl (C=O) groups is 3. The molecule has 6 nitrogen and oxygen atoms in total. The molecule has 2 aromatic carbocycles. The summed E-state index contributed by atoms with van der Waals surface area (Å²) >= 11 is 0. The summed E-state index contributed by atoms with van der Waals surface area (Å²) < 4.78 is 5.29. The summed E-state index contributed by atoms with van der Waals surface area (Å²) in [5.41, 5.74) is 4.36. The van der Waals surface area contributed by atoms with E-state index < -0.39 is 0 Å². The summed E-state index contributed by atoms with van der Waals surface area (Å²) in [5.74, 6) is 0.0794. The number of Topliss-reactive ketones (excluding diaryl/α,β-unsaturated/α-hetero) is 1. The molecule has 0 unspecified atom stereocenters. The molecule has 0 atom stereocenters. The van der Waals surface area contributed by atoms with Crippen LogP contribution in [0, 0.1) is 0 Å². The van der Waals surface area contributed by atoms with Crippen molar-refractivity contribution in [3.05, 3.63) is 53.1 Å². The minimum absolute atomic E-state index is 0.0104. The van der Waals surface area contributed by atoms with Gasteiger partial charge in [0.2, 0.25) is 5.91 Å². The predicted octanol–water partition coefficient (Wildman–Crippen LogP) is 3.50. The van der Waals surface area contributed by atoms with Gasteiger partial charge in [-0.3, -0.25) is 14.4 Å². The second-order valence-electron chi connectivity index (χ2n) is 7.21. The summed E-state index contributed by atoms with van der Waals surface area (Å²) in [7, 11) is 0. The highest BCUT2D eigenvalue weighted by Gasteiger charge is 2.17. The van der Waals surface area contributed by atoms with Crippen molar-refractivity contribution in [2.75, 3.05) is 17.2 Å². The van der Waals surface area contributed by atoms with Gasteiger partial charge in [0.05, 0.1) is 5.69 Å². The zero-order chi connectivity index (χ0) is 19.5. The predicted molar refractivity (Wildman–Crippen MR) is 106 cm³/mol. The third-order valence-corrected chi connectivity index (χ3v) is 5.15. The molecular formula is C22H22N2O4. The third-order valence-electron chi connectivity index (χ3n) is 5.15. The molecule has 0 radical (unpaired) electrons. The van der Waals surface area contributed by atoms with Crippen molar-refractivity contribution in [3.63, 3.8) is 0 Å². The van der Waals surface area contributed by atoms with Crippen LogP contribution in [-0.2, 0) is 22.4 Å². The molecule has 0 bridgehead atoms. The number of nitrogens with one attached hydrogen (secondary N) is 2. The van der Waals surface area contributed by atoms with Crippen LogP contribution >= 0.6 is 0 Å². The topological polar surface area (TPSA) is 84.5 Å². The number of ether oxygens (including phenoxy) is 1. The molecule has 0 aromatic heterocycles. The molecule has 1 aliphatic heterocycles. The molecular weight excluding hydrogens is 356 g/mol. The lowest BCUT2D eigenvalue weighted by atomic mass is 9.89. The number of fused-ring (bicyclic) bond motifs is 2. The Bertz CT molecular complexity index is 952. The van der Waals surface area contributed by atoms with E-state index in [9.17, 15) is 14.4 Å². The zero-order valence-electron chi connectivity index (χ0n) is 15.5. The van der Waals surface area contributed by atoms with Gasteiger partial charge in [-0.25, -0.2) is 0 Å². The number of amides is 2. The zero-order valence-corrected chi connectivity index (χ0v) is 15.5. The Balaban J connectivity index is 1.34. The Morgan fingerprint density at radius 1 is 1.00 bits per heavy atom. The van der Waals surface area contributed by atoms with Gasteiger partial charge >= 0.3 is 0 Å². The maximum absolute atomic E-state index is 12.5. The summed E-state index contributed by atoms with van der Waals surface area (Å²) in [4.78, 5) is 36.1. The number of carbonyl (C=O) groups excluding carboxylic acids is 3. The van der Waals surface area contributed by atoms with Crippen molar-refractivity contribution in [2.45, 2.75) is 38.5 Å². The normalized spacial score (nSPS) is 14.9. The van der Waals surface area contributed by atoms with E-state index in [0.29, 0.717) is 22.7 Å². The molecule has 28 heavy (non-hydrogen) atoms. The monoisotopic (exact) mass is 378 g/mol. The van der Waals surface area contributed by atoms with Crippen LogP contribution in [0.2, 0.25) is 0 Å². The molecule has 0 saturated heterocycles. The fourth-order valence-electron chi connectivity index (χ4n) is 3.66. The SMILES string of the molecule is O=C(CCC(=O)c1ccc2c(c1)CCCC2)Nc1ccc2c(c1)NC(=O)CO2. The first-order valence-electron chi connectivity index (χ1n) is 9.60. The smallest absolute Gasteiger partial charge is 0.262 e. The molecule has 2 aliphatic rings. The Labute approximate surface area is 163 Å². The lowest BCUT2D eigenvalue weighted by molar-refractivity contribution is -0.118. The molecule has 1 heterocycles. The first kappa shape index (κ1) is 18.2. The fraction of sp³-hybridized carbons (Fsp3) is 0.318. The first-order valence-corrected chi connectivity index (χ1v) is 9.60. The molecule has 1 aliphatic carbocycles. The summed E-state index contributed by atoms with van der Waals surface area (Å²) in [5, 5.41) is 5.47. The largest absolute Gasteiger partial charge is 0.482 e. The van der Waals surface area contributed by atoms with E-state index in [1.807, 2.05) is 18.2 Å². The van der Waals surface area contributed by atoms with Crippen LogP contribution in [0.5, 0.6) is 5.75 Å². The van der Waals surface area contributed by atoms with Crippen molar-refractivity contribution >= 4 is 29.0 Å². The number of hydrogen-bond donors (Lipinski definition) is 2. The second kappa shape index (κ2) is 7.84. The number of ketones is 1. The van der Waals surface area contributed by atoms with Crippen LogP contribution in [0.15, 0.2) is 36.4 Å². The third kappa shape index (κ3) is 4.06. The van der Waals surface area contributed by atoms with Gasteiger partial charge in [0, 0.05) is 24.1 Å². The molecule has 4 rings (SSSR count). The number of rotatable bonds is 5. The highest BCUT2D eigenvalue weighted by atomic mass is 16.5. The molecule has 2 N–H and O–H groups in total. The molecule has 2 amide bonds. The molecule has 0 fully saturated rings. The van der Waals surface area contributed by atoms with E-state index in [4.69, 9.17) is 4.74 Å². The van der Waals surface area contributed by atoms with Gasteiger partial charge in [0.15, 0.2) is 12.4 Å². The van der Waals surface area contributed by atoms with Crippen molar-refractivity contribution < 1.29 is 19.1 Å². The van der Waals surface area contributed by atoms with Crippen LogP contribution < -0.4 is 15.4 Å². The Morgan fingerprint density at radius 2 is 1.82 bits per heavy atom. The van der Waals surface area contributed by atoms with Gasteiger partial charge in [-0.05, 0) is 61.1 Å². The van der Waals surface area contributed by atoms with Gasteiger partial charge < -0.3 is 15.4 Å². The van der Waals surface area contributed by atoms with E-state index in [2.05, 4.69) is 10.6 Å². The van der Waals surface area contributed by atoms with Crippen LogP contribution in [0.3, 0.4) is 0 Å². The molecule has 0 spiro atoms. The van der Waals surface area contributed by atoms with Crippen molar-refractivity contribution in [3.8, 4) is 5.75 Å². The Kier molecular flexibility index (Phi) is 5.10. The van der Waals surface area contributed by atoms with Gasteiger partial charge in [0.25, 0.3) is 5.91 Å². The highest BCUT2D eigenvalue weighted by Crippen LogP contribution is 2.30. The Hall–Kier alpha value is -3.15. The number of aryl methyl sites for hydroxylation is 2. The van der Waals surface area contributed by atoms with E-state index in [-0.39, 0.29) is 37.0 Å². The minimum atomic E-state index is -0.241. The van der Waals surface area contributed by atoms with E-state index >= 15 is 0 Å². The van der Waals surface area contributed by atoms with Crippen LogP contribution in [0.25, 0.3) is 0 Å². The quantitative estimate of drug-likeness (QED) is 0.780. The first-order chi connectivity index (χ1) is 13.6. The average molecular weight is 378 g/mol. The molecule has 2 aromatic rings. The van der Waals surface area contributed by atoms with Gasteiger partial charge in [-0.1, -0.05) is 12.1 Å². The minimum Gasteiger partial charge on any atom is -0.482 e. The number of anilines is 2. The van der Waals surface area contributed by atoms with Gasteiger partial charge in [-0.15, -0.1) is 0 Å². The van der Waals surface area contributed by atoms with Crippen molar-refractivity contribution in [2.24, 2.45) is 0 Å². The van der Waals surface area contributed by atoms with Crippen LogP contribution in [0.1, 0.15) is 47.2 Å².